The fourth-order valence-electron chi connectivity index (χ4n) is 4.49. The number of amidine groups is 1. The van der Waals surface area contributed by atoms with Crippen molar-refractivity contribution in [2.24, 2.45) is 5.16 Å². The number of nitrogens with one attached hydrogen (secondary N) is 2. The normalized spacial score (nSPS) is 18.3. The van der Waals surface area contributed by atoms with Gasteiger partial charge in [-0.25, -0.2) is 8.78 Å². The number of carbonyl (C=O) groups excluding carboxylic acids is 2. The van der Waals surface area contributed by atoms with Gasteiger partial charge in [0.1, 0.15) is 11.7 Å². The third-order valence-electron chi connectivity index (χ3n) is 6.64. The molecule has 2 aromatic carbocycles. The van der Waals surface area contributed by atoms with E-state index >= 15 is 0 Å². The summed E-state index contributed by atoms with van der Waals surface area (Å²) in [5.74, 6) is -3.26. The lowest BCUT2D eigenvalue weighted by molar-refractivity contribution is -0.275. The lowest BCUT2D eigenvalue weighted by atomic mass is 9.89. The zero-order chi connectivity index (χ0) is 29.0. The Hall–Kier alpha value is -3.42. The van der Waals surface area contributed by atoms with Crippen molar-refractivity contribution in [1.82, 2.24) is 15.8 Å². The number of carbonyl (C=O) groups is 2. The zero-order valence-electron chi connectivity index (χ0n) is 20.3. The van der Waals surface area contributed by atoms with E-state index in [0.717, 1.165) is 35.1 Å². The molecule has 2 aliphatic rings. The summed E-state index contributed by atoms with van der Waals surface area (Å²) in [7, 11) is 0. The summed E-state index contributed by atoms with van der Waals surface area (Å²) in [6, 6.07) is 6.90. The van der Waals surface area contributed by atoms with Crippen molar-refractivity contribution in [3.8, 4) is 0 Å². The van der Waals surface area contributed by atoms with Crippen LogP contribution in [0.1, 0.15) is 48.0 Å². The molecular formula is C25H17Cl2F5N4O3S. The molecule has 0 radical (unpaired) electrons. The van der Waals surface area contributed by atoms with Gasteiger partial charge in [0.25, 0.3) is 17.4 Å². The number of rotatable bonds is 3. The number of hydrogen-bond acceptors (Lipinski definition) is 6. The molecule has 5 rings (SSSR count). The molecule has 0 saturated carbocycles. The first-order valence-electron chi connectivity index (χ1n) is 11.5. The van der Waals surface area contributed by atoms with E-state index < -0.39 is 57.3 Å². The minimum atomic E-state index is -4.94. The number of oxime groups is 1. The van der Waals surface area contributed by atoms with E-state index in [2.05, 4.69) is 16.0 Å². The summed E-state index contributed by atoms with van der Waals surface area (Å²) >= 11 is 12.6. The Kier molecular flexibility index (Phi) is 7.17. The van der Waals surface area contributed by atoms with Crippen LogP contribution >= 0.6 is 34.5 Å². The SMILES string of the molecule is Cc1c(C(=O)NNC(=O)c2ccccc2F)sc2c1CN(C1=NOC(c3cc(Cl)c(F)c(Cl)c3)(C(F)(F)F)C1)C2. The van der Waals surface area contributed by atoms with E-state index in [4.69, 9.17) is 28.0 Å². The molecule has 0 aliphatic carbocycles. The smallest absolute Gasteiger partial charge is 0.372 e. The van der Waals surface area contributed by atoms with Gasteiger partial charge in [-0.2, -0.15) is 13.2 Å². The molecule has 210 valence electrons. The number of halogens is 7. The Morgan fingerprint density at radius 1 is 1.07 bits per heavy atom. The number of hydrogen-bond donors (Lipinski definition) is 2. The number of fused-ring (bicyclic) bond motifs is 1. The molecule has 0 saturated heterocycles. The summed E-state index contributed by atoms with van der Waals surface area (Å²) in [5.41, 5.74) is 2.05. The molecule has 40 heavy (non-hydrogen) atoms. The van der Waals surface area contributed by atoms with Gasteiger partial charge < -0.3 is 9.74 Å². The highest BCUT2D eigenvalue weighted by molar-refractivity contribution is 7.14. The second-order valence-electron chi connectivity index (χ2n) is 9.06. The monoisotopic (exact) mass is 618 g/mol. The molecular weight excluding hydrogens is 602 g/mol. The number of nitrogens with zero attached hydrogens (tertiary/aromatic N) is 2. The van der Waals surface area contributed by atoms with Crippen LogP contribution in [0.5, 0.6) is 0 Å². The van der Waals surface area contributed by atoms with Crippen molar-refractivity contribution in [2.75, 3.05) is 0 Å². The van der Waals surface area contributed by atoms with Crippen LogP contribution in [0.3, 0.4) is 0 Å². The molecule has 0 spiro atoms. The molecule has 2 aliphatic heterocycles. The predicted molar refractivity (Wildman–Crippen MR) is 137 cm³/mol. The van der Waals surface area contributed by atoms with E-state index in [0.29, 0.717) is 10.4 Å². The van der Waals surface area contributed by atoms with Gasteiger partial charge in [-0.05, 0) is 42.3 Å². The average Bonchev–Trinajstić information content (AvgIpc) is 3.60. The average molecular weight is 619 g/mol. The summed E-state index contributed by atoms with van der Waals surface area (Å²) in [6.45, 7) is 1.96. The van der Waals surface area contributed by atoms with Gasteiger partial charge >= 0.3 is 6.18 Å². The first kappa shape index (κ1) is 28.1. The van der Waals surface area contributed by atoms with Gasteiger partial charge in [-0.3, -0.25) is 20.4 Å². The van der Waals surface area contributed by atoms with E-state index in [1.165, 1.54) is 18.2 Å². The second kappa shape index (κ2) is 10.2. The Bertz CT molecular complexity index is 1560. The number of thiophene rings is 1. The Balaban J connectivity index is 1.29. The van der Waals surface area contributed by atoms with Crippen LogP contribution in [0.15, 0.2) is 41.6 Å². The molecule has 0 bridgehead atoms. The van der Waals surface area contributed by atoms with Crippen molar-refractivity contribution >= 4 is 52.2 Å². The fourth-order valence-corrected chi connectivity index (χ4v) is 6.21. The summed E-state index contributed by atoms with van der Waals surface area (Å²) < 4.78 is 70.6. The highest BCUT2D eigenvalue weighted by Gasteiger charge is 2.63. The molecule has 2 N–H and O–H groups in total. The summed E-state index contributed by atoms with van der Waals surface area (Å²) in [6.07, 6.45) is -5.65. The second-order valence-corrected chi connectivity index (χ2v) is 11.0. The van der Waals surface area contributed by atoms with Gasteiger partial charge in [0.2, 0.25) is 0 Å². The number of amides is 2. The highest BCUT2D eigenvalue weighted by atomic mass is 35.5. The van der Waals surface area contributed by atoms with Crippen LogP contribution in [0, 0.1) is 18.6 Å². The molecule has 1 unspecified atom stereocenters. The van der Waals surface area contributed by atoms with Crippen molar-refractivity contribution in [3.63, 3.8) is 0 Å². The standard InChI is InChI=1S/C25H17Cl2F5N4O3S/c1-11-14-9-36(10-18(14)40-21(11)23(38)34-33-22(37)13-4-2-3-5-17(13)28)19-8-24(39-35-19,25(30,31)32)12-6-15(26)20(29)16(27)7-12/h2-7H,8-10H2,1H3,(H,33,37)(H,34,38). The van der Waals surface area contributed by atoms with E-state index in [9.17, 15) is 31.5 Å². The van der Waals surface area contributed by atoms with E-state index in [-0.39, 0.29) is 29.4 Å². The van der Waals surface area contributed by atoms with E-state index in [1.54, 1.807) is 11.8 Å². The van der Waals surface area contributed by atoms with Crippen LogP contribution in [0.4, 0.5) is 22.0 Å². The van der Waals surface area contributed by atoms with E-state index in [1.807, 2.05) is 0 Å². The zero-order valence-corrected chi connectivity index (χ0v) is 22.6. The van der Waals surface area contributed by atoms with Gasteiger partial charge in [0.05, 0.1) is 33.5 Å². The number of benzene rings is 2. The van der Waals surface area contributed by atoms with Crippen molar-refractivity contribution in [3.05, 3.63) is 90.1 Å². The van der Waals surface area contributed by atoms with Gasteiger partial charge in [-0.15, -0.1) is 11.3 Å². The summed E-state index contributed by atoms with van der Waals surface area (Å²) in [5, 5.41) is 2.55. The maximum atomic E-state index is 14.3. The fraction of sp³-hybridized carbons (Fsp3) is 0.240. The molecule has 7 nitrogen and oxygen atoms in total. The summed E-state index contributed by atoms with van der Waals surface area (Å²) in [4.78, 5) is 32.5. The van der Waals surface area contributed by atoms with Crippen molar-refractivity contribution in [2.45, 2.75) is 38.2 Å². The largest absolute Gasteiger partial charge is 0.435 e. The molecule has 0 fully saturated rings. The maximum absolute atomic E-state index is 14.3. The number of hydrazine groups is 1. The third-order valence-corrected chi connectivity index (χ3v) is 8.51. The first-order chi connectivity index (χ1) is 18.8. The Morgan fingerprint density at radius 3 is 2.35 bits per heavy atom. The topological polar surface area (TPSA) is 83.0 Å². The Labute approximate surface area is 237 Å². The van der Waals surface area contributed by atoms with Gasteiger partial charge in [-0.1, -0.05) is 40.5 Å². The lowest BCUT2D eigenvalue weighted by Gasteiger charge is -2.30. The van der Waals surface area contributed by atoms with Crippen LogP contribution in [0.25, 0.3) is 0 Å². The number of alkyl halides is 3. The maximum Gasteiger partial charge on any atom is 0.435 e. The molecule has 1 aromatic heterocycles. The van der Waals surface area contributed by atoms with Crippen LogP contribution < -0.4 is 10.9 Å². The van der Waals surface area contributed by atoms with Crippen LogP contribution in [0.2, 0.25) is 10.0 Å². The highest BCUT2D eigenvalue weighted by Crippen LogP contribution is 2.50. The lowest BCUT2D eigenvalue weighted by Crippen LogP contribution is -2.44. The quantitative estimate of drug-likeness (QED) is 0.207. The van der Waals surface area contributed by atoms with Crippen molar-refractivity contribution in [1.29, 1.82) is 0 Å². The molecule has 3 heterocycles. The van der Waals surface area contributed by atoms with Gasteiger partial charge in [0.15, 0.2) is 5.82 Å². The minimum absolute atomic E-state index is 0.000141. The Morgan fingerprint density at radius 2 is 1.73 bits per heavy atom. The molecule has 1 atom stereocenters. The predicted octanol–water partition coefficient (Wildman–Crippen LogP) is 6.22. The van der Waals surface area contributed by atoms with Gasteiger partial charge in [0, 0.05) is 17.0 Å². The molecule has 15 heteroatoms. The molecule has 2 amide bonds. The molecule has 3 aromatic rings. The minimum Gasteiger partial charge on any atom is -0.372 e. The third kappa shape index (κ3) is 4.75. The first-order valence-corrected chi connectivity index (χ1v) is 13.1. The van der Waals surface area contributed by atoms with Crippen LogP contribution in [-0.2, 0) is 23.5 Å². The van der Waals surface area contributed by atoms with Crippen molar-refractivity contribution < 1.29 is 36.4 Å². The van der Waals surface area contributed by atoms with Crippen LogP contribution in [-0.4, -0.2) is 28.7 Å².